The van der Waals surface area contributed by atoms with Gasteiger partial charge in [-0.3, -0.25) is 4.90 Å². The Kier molecular flexibility index (Phi) is 5.26. The lowest BCUT2D eigenvalue weighted by atomic mass is 10.0. The lowest BCUT2D eigenvalue weighted by Crippen LogP contribution is -2.37. The molecule has 0 saturated carbocycles. The normalized spacial score (nSPS) is 21.1. The zero-order chi connectivity index (χ0) is 15.5. The molecule has 2 unspecified atom stereocenters. The summed E-state index contributed by atoms with van der Waals surface area (Å²) in [6.45, 7) is 6.81. The van der Waals surface area contributed by atoms with Crippen LogP contribution in [-0.2, 0) is 0 Å². The van der Waals surface area contributed by atoms with Gasteiger partial charge in [-0.25, -0.2) is 4.98 Å². The number of rotatable bonds is 5. The van der Waals surface area contributed by atoms with Gasteiger partial charge < -0.3 is 4.98 Å². The Bertz CT molecular complexity index is 605. The second kappa shape index (κ2) is 7.20. The van der Waals surface area contributed by atoms with E-state index >= 15 is 0 Å². The summed E-state index contributed by atoms with van der Waals surface area (Å²) < 4.78 is 0. The van der Waals surface area contributed by atoms with Gasteiger partial charge in [-0.05, 0) is 38.6 Å². The zero-order valence-electron chi connectivity index (χ0n) is 13.6. The van der Waals surface area contributed by atoms with Crippen molar-refractivity contribution in [1.82, 2.24) is 14.9 Å². The first kappa shape index (κ1) is 16.1. The summed E-state index contributed by atoms with van der Waals surface area (Å²) in [5.74, 6) is 1.15. The predicted molar refractivity (Wildman–Crippen MR) is 97.8 cm³/mol. The van der Waals surface area contributed by atoms with Crippen LogP contribution in [0.3, 0.4) is 0 Å². The van der Waals surface area contributed by atoms with E-state index in [1.165, 1.54) is 36.2 Å². The quantitative estimate of drug-likeness (QED) is 0.857. The Morgan fingerprint density at radius 1 is 1.50 bits per heavy atom. The first-order chi connectivity index (χ1) is 10.7. The summed E-state index contributed by atoms with van der Waals surface area (Å²) in [5, 5.41) is 2.87. The molecule has 0 aromatic carbocycles. The number of thiophene rings is 1. The summed E-state index contributed by atoms with van der Waals surface area (Å²) >= 11 is 3.74. The number of nitrogens with one attached hydrogen (secondary N) is 1. The number of nitrogens with zero attached hydrogens (tertiary/aromatic N) is 2. The van der Waals surface area contributed by atoms with Gasteiger partial charge in [0.1, 0.15) is 5.82 Å². The number of aromatic nitrogens is 2. The molecule has 1 saturated heterocycles. The van der Waals surface area contributed by atoms with Crippen molar-refractivity contribution in [3.63, 3.8) is 0 Å². The molecule has 2 aromatic heterocycles. The van der Waals surface area contributed by atoms with Crippen LogP contribution in [0.2, 0.25) is 0 Å². The molecule has 3 heterocycles. The van der Waals surface area contributed by atoms with Crippen molar-refractivity contribution in [3.8, 4) is 11.3 Å². The van der Waals surface area contributed by atoms with Crippen LogP contribution in [0, 0.1) is 6.92 Å². The number of aryl methyl sites for hydroxylation is 1. The van der Waals surface area contributed by atoms with Crippen LogP contribution in [0.4, 0.5) is 0 Å². The van der Waals surface area contributed by atoms with Gasteiger partial charge in [0.15, 0.2) is 0 Å². The molecule has 3 rings (SSSR count). The van der Waals surface area contributed by atoms with Gasteiger partial charge >= 0.3 is 0 Å². The molecule has 2 aromatic rings. The fourth-order valence-electron chi connectivity index (χ4n) is 3.16. The molecule has 1 fully saturated rings. The van der Waals surface area contributed by atoms with E-state index in [2.05, 4.69) is 47.6 Å². The van der Waals surface area contributed by atoms with Crippen LogP contribution in [0.1, 0.15) is 42.9 Å². The van der Waals surface area contributed by atoms with Gasteiger partial charge in [-0.2, -0.15) is 11.8 Å². The molecule has 22 heavy (non-hydrogen) atoms. The Labute approximate surface area is 141 Å². The van der Waals surface area contributed by atoms with Crippen LogP contribution in [0.25, 0.3) is 11.3 Å². The molecular weight excluding hydrogens is 310 g/mol. The Morgan fingerprint density at radius 3 is 3.09 bits per heavy atom. The maximum absolute atomic E-state index is 4.90. The maximum atomic E-state index is 4.90. The van der Waals surface area contributed by atoms with Crippen molar-refractivity contribution in [2.75, 3.05) is 19.3 Å². The number of piperidine rings is 1. The molecule has 0 bridgehead atoms. The molecule has 3 nitrogen and oxygen atoms in total. The highest BCUT2D eigenvalue weighted by atomic mass is 32.2. The molecule has 0 radical (unpaired) electrons. The van der Waals surface area contributed by atoms with Gasteiger partial charge in [0.25, 0.3) is 0 Å². The molecule has 0 spiro atoms. The van der Waals surface area contributed by atoms with E-state index < -0.39 is 0 Å². The van der Waals surface area contributed by atoms with E-state index in [4.69, 9.17) is 4.98 Å². The molecule has 2 atom stereocenters. The molecule has 120 valence electrons. The van der Waals surface area contributed by atoms with Crippen molar-refractivity contribution in [2.45, 2.75) is 44.4 Å². The number of hydrogen-bond acceptors (Lipinski definition) is 4. The van der Waals surface area contributed by atoms with E-state index in [0.29, 0.717) is 11.3 Å². The number of hydrogen-bond donors (Lipinski definition) is 1. The Balaban J connectivity index is 1.77. The second-order valence-electron chi connectivity index (χ2n) is 6.17. The summed E-state index contributed by atoms with van der Waals surface area (Å²) in [4.78, 5) is 12.3. The van der Waals surface area contributed by atoms with E-state index in [1.807, 2.05) is 11.8 Å². The number of likely N-dealkylation sites (tertiary alicyclic amines) is 1. The average Bonchev–Trinajstić information content (AvgIpc) is 3.16. The van der Waals surface area contributed by atoms with Crippen molar-refractivity contribution in [2.24, 2.45) is 0 Å². The third kappa shape index (κ3) is 3.58. The van der Waals surface area contributed by atoms with Crippen molar-refractivity contribution >= 4 is 23.1 Å². The standard InChI is InChI=1S/C17H25N3S2/c1-12-8-14(11-22-12)15-9-18-17(19-15)16-6-4-5-7-20(16)10-13(2)21-3/h8-9,11,13,16H,4-7,10H2,1-3H3,(H,18,19). The maximum Gasteiger partial charge on any atom is 0.124 e. The highest BCUT2D eigenvalue weighted by Crippen LogP contribution is 2.32. The highest BCUT2D eigenvalue weighted by Gasteiger charge is 2.27. The third-order valence-corrected chi connectivity index (χ3v) is 6.26. The fraction of sp³-hybridized carbons (Fsp3) is 0.588. The number of imidazole rings is 1. The van der Waals surface area contributed by atoms with Gasteiger partial charge in [0.05, 0.1) is 11.7 Å². The van der Waals surface area contributed by atoms with Crippen LogP contribution in [0.15, 0.2) is 17.6 Å². The molecule has 1 N–H and O–H groups in total. The van der Waals surface area contributed by atoms with Crippen LogP contribution in [0.5, 0.6) is 0 Å². The number of H-pyrrole nitrogens is 1. The minimum absolute atomic E-state index is 0.455. The SMILES string of the molecule is CSC(C)CN1CCCCC1c1nc(-c2csc(C)c2)c[nH]1. The van der Waals surface area contributed by atoms with Crippen LogP contribution < -0.4 is 0 Å². The number of thioether (sulfide) groups is 1. The van der Waals surface area contributed by atoms with Gasteiger partial charge in [0, 0.05) is 33.8 Å². The summed E-state index contributed by atoms with van der Waals surface area (Å²) in [6.07, 6.45) is 8.11. The highest BCUT2D eigenvalue weighted by molar-refractivity contribution is 7.99. The van der Waals surface area contributed by atoms with Crippen molar-refractivity contribution in [3.05, 3.63) is 28.3 Å². The van der Waals surface area contributed by atoms with E-state index in [0.717, 1.165) is 18.1 Å². The van der Waals surface area contributed by atoms with E-state index in [1.54, 1.807) is 11.3 Å². The van der Waals surface area contributed by atoms with Gasteiger partial charge in [0.2, 0.25) is 0 Å². The first-order valence-corrected chi connectivity index (χ1v) is 10.2. The number of aromatic amines is 1. The predicted octanol–water partition coefficient (Wildman–Crippen LogP) is 4.73. The summed E-state index contributed by atoms with van der Waals surface area (Å²) in [7, 11) is 0. The molecule has 1 aliphatic heterocycles. The van der Waals surface area contributed by atoms with E-state index in [-0.39, 0.29) is 0 Å². The Morgan fingerprint density at radius 2 is 2.36 bits per heavy atom. The summed E-state index contributed by atoms with van der Waals surface area (Å²) in [5.41, 5.74) is 2.33. The molecule has 0 amide bonds. The lowest BCUT2D eigenvalue weighted by molar-refractivity contribution is 0.145. The Hall–Kier alpha value is -0.780. The molecular formula is C17H25N3S2. The monoisotopic (exact) mass is 335 g/mol. The van der Waals surface area contributed by atoms with Crippen molar-refractivity contribution < 1.29 is 0 Å². The first-order valence-electron chi connectivity index (χ1n) is 8.05. The average molecular weight is 336 g/mol. The minimum Gasteiger partial charge on any atom is -0.347 e. The fourth-order valence-corrected chi connectivity index (χ4v) is 4.19. The minimum atomic E-state index is 0.455. The van der Waals surface area contributed by atoms with Gasteiger partial charge in [-0.1, -0.05) is 13.3 Å². The topological polar surface area (TPSA) is 31.9 Å². The second-order valence-corrected chi connectivity index (χ2v) is 8.56. The molecule has 5 heteroatoms. The molecule has 1 aliphatic rings. The molecule has 0 aliphatic carbocycles. The third-order valence-electron chi connectivity index (χ3n) is 4.45. The van der Waals surface area contributed by atoms with Crippen LogP contribution in [-0.4, -0.2) is 39.5 Å². The van der Waals surface area contributed by atoms with E-state index in [9.17, 15) is 0 Å². The van der Waals surface area contributed by atoms with Gasteiger partial charge in [-0.15, -0.1) is 11.3 Å². The van der Waals surface area contributed by atoms with Crippen molar-refractivity contribution in [1.29, 1.82) is 0 Å². The van der Waals surface area contributed by atoms with Crippen LogP contribution >= 0.6 is 23.1 Å². The zero-order valence-corrected chi connectivity index (χ0v) is 15.3. The largest absolute Gasteiger partial charge is 0.347 e. The lowest BCUT2D eigenvalue weighted by Gasteiger charge is -2.35. The summed E-state index contributed by atoms with van der Waals surface area (Å²) in [6, 6.07) is 2.68. The smallest absolute Gasteiger partial charge is 0.124 e.